The maximum atomic E-state index is 11.0. The number of nitrogens with zero attached hydrogens (tertiary/aromatic N) is 3. The van der Waals surface area contributed by atoms with Crippen LogP contribution in [-0.2, 0) is 4.79 Å². The highest BCUT2D eigenvalue weighted by Gasteiger charge is 2.33. The Morgan fingerprint density at radius 2 is 2.00 bits per heavy atom. The summed E-state index contributed by atoms with van der Waals surface area (Å²) in [6.45, 7) is 6.53. The Hall–Kier alpha value is -1.92. The lowest BCUT2D eigenvalue weighted by Gasteiger charge is -2.12. The summed E-state index contributed by atoms with van der Waals surface area (Å²) in [5.41, 5.74) is 0.190. The van der Waals surface area contributed by atoms with Crippen LogP contribution >= 0.6 is 0 Å². The lowest BCUT2D eigenvalue weighted by atomic mass is 10.1. The fourth-order valence-electron chi connectivity index (χ4n) is 1.70. The van der Waals surface area contributed by atoms with E-state index in [2.05, 4.69) is 5.10 Å². The van der Waals surface area contributed by atoms with Crippen LogP contribution in [0, 0.1) is 17.0 Å². The van der Waals surface area contributed by atoms with Gasteiger partial charge in [0.2, 0.25) is 0 Å². The van der Waals surface area contributed by atoms with E-state index < -0.39 is 16.8 Å². The summed E-state index contributed by atoms with van der Waals surface area (Å²) in [5.74, 6) is -2.06. The molecular formula is C10H15N3O4. The molecule has 7 heteroatoms. The first-order valence-electron chi connectivity index (χ1n) is 5.23. The highest BCUT2D eigenvalue weighted by Crippen LogP contribution is 2.31. The van der Waals surface area contributed by atoms with Crippen LogP contribution < -0.4 is 0 Å². The zero-order valence-corrected chi connectivity index (χ0v) is 10.2. The van der Waals surface area contributed by atoms with Crippen molar-refractivity contribution in [3.63, 3.8) is 0 Å². The van der Waals surface area contributed by atoms with Crippen LogP contribution in [0.15, 0.2) is 0 Å². The van der Waals surface area contributed by atoms with Gasteiger partial charge in [-0.25, -0.2) is 0 Å². The Bertz CT molecular complexity index is 464. The minimum Gasteiger partial charge on any atom is -0.481 e. The lowest BCUT2D eigenvalue weighted by Crippen LogP contribution is -2.16. The molecule has 7 nitrogen and oxygen atoms in total. The molecule has 1 unspecified atom stereocenters. The summed E-state index contributed by atoms with van der Waals surface area (Å²) in [7, 11) is 0. The van der Waals surface area contributed by atoms with Crippen molar-refractivity contribution in [1.82, 2.24) is 9.78 Å². The van der Waals surface area contributed by atoms with Gasteiger partial charge in [-0.05, 0) is 27.7 Å². The Morgan fingerprint density at radius 1 is 1.47 bits per heavy atom. The van der Waals surface area contributed by atoms with E-state index in [1.807, 2.05) is 0 Å². The molecule has 1 aromatic rings. The van der Waals surface area contributed by atoms with Crippen molar-refractivity contribution in [2.45, 2.75) is 39.7 Å². The van der Waals surface area contributed by atoms with Crippen molar-refractivity contribution in [2.24, 2.45) is 0 Å². The van der Waals surface area contributed by atoms with E-state index in [9.17, 15) is 14.9 Å². The second-order valence-corrected chi connectivity index (χ2v) is 4.17. The van der Waals surface area contributed by atoms with Gasteiger partial charge in [-0.2, -0.15) is 5.10 Å². The van der Waals surface area contributed by atoms with E-state index in [4.69, 9.17) is 5.11 Å². The van der Waals surface area contributed by atoms with Crippen molar-refractivity contribution in [2.75, 3.05) is 0 Å². The second-order valence-electron chi connectivity index (χ2n) is 4.17. The normalized spacial score (nSPS) is 12.8. The van der Waals surface area contributed by atoms with Gasteiger partial charge < -0.3 is 5.11 Å². The molecule has 0 radical (unpaired) electrons. The van der Waals surface area contributed by atoms with Gasteiger partial charge in [-0.3, -0.25) is 19.6 Å². The van der Waals surface area contributed by atoms with Crippen molar-refractivity contribution in [3.05, 3.63) is 21.5 Å². The van der Waals surface area contributed by atoms with Crippen molar-refractivity contribution in [3.8, 4) is 0 Å². The number of carboxylic acids is 1. The minimum absolute atomic E-state index is 0.126. The summed E-state index contributed by atoms with van der Waals surface area (Å²) in [6.07, 6.45) is 0. The molecule has 0 saturated heterocycles. The molecule has 1 rings (SSSR count). The van der Waals surface area contributed by atoms with Crippen LogP contribution in [0.25, 0.3) is 0 Å². The summed E-state index contributed by atoms with van der Waals surface area (Å²) in [4.78, 5) is 21.4. The van der Waals surface area contributed by atoms with Crippen LogP contribution in [0.3, 0.4) is 0 Å². The van der Waals surface area contributed by atoms with Gasteiger partial charge in [0, 0.05) is 6.04 Å². The Morgan fingerprint density at radius 3 is 2.35 bits per heavy atom. The average molecular weight is 241 g/mol. The smallest absolute Gasteiger partial charge is 0.313 e. The number of hydrogen-bond donors (Lipinski definition) is 1. The molecule has 94 valence electrons. The molecule has 0 fully saturated rings. The predicted molar refractivity (Wildman–Crippen MR) is 60.1 cm³/mol. The second kappa shape index (κ2) is 4.52. The molecule has 0 aliphatic heterocycles. The van der Waals surface area contributed by atoms with Crippen molar-refractivity contribution in [1.29, 1.82) is 0 Å². The monoisotopic (exact) mass is 241 g/mol. The van der Waals surface area contributed by atoms with E-state index >= 15 is 0 Å². The number of hydrogen-bond acceptors (Lipinski definition) is 4. The van der Waals surface area contributed by atoms with Gasteiger partial charge in [0.1, 0.15) is 17.3 Å². The molecule has 0 saturated carbocycles. The number of carboxylic acid groups (broad SMARTS) is 1. The molecule has 1 heterocycles. The fraction of sp³-hybridized carbons (Fsp3) is 0.600. The quantitative estimate of drug-likeness (QED) is 0.640. The standard InChI is InChI=1S/C10H15N3O4/c1-5(2)12-8(6(3)10(14)15)9(13(16)17)7(4)11-12/h5-6H,1-4H3,(H,14,15). The number of aryl methyl sites for hydroxylation is 1. The first-order chi connectivity index (χ1) is 7.77. The van der Waals surface area contributed by atoms with Crippen LogP contribution in [-0.4, -0.2) is 25.8 Å². The highest BCUT2D eigenvalue weighted by molar-refractivity contribution is 5.76. The minimum atomic E-state index is -1.10. The van der Waals surface area contributed by atoms with Gasteiger partial charge in [0.25, 0.3) is 0 Å². The summed E-state index contributed by atoms with van der Waals surface area (Å²) in [6, 6.07) is -0.126. The average Bonchev–Trinajstić information content (AvgIpc) is 2.54. The van der Waals surface area contributed by atoms with E-state index in [0.717, 1.165) is 0 Å². The molecule has 0 bridgehead atoms. The largest absolute Gasteiger partial charge is 0.481 e. The SMILES string of the molecule is Cc1nn(C(C)C)c(C(C)C(=O)O)c1[N+](=O)[O-]. The number of aromatic nitrogens is 2. The first-order valence-corrected chi connectivity index (χ1v) is 5.23. The van der Waals surface area contributed by atoms with Crippen molar-refractivity contribution >= 4 is 11.7 Å². The maximum Gasteiger partial charge on any atom is 0.313 e. The summed E-state index contributed by atoms with van der Waals surface area (Å²) < 4.78 is 1.41. The highest BCUT2D eigenvalue weighted by atomic mass is 16.6. The van der Waals surface area contributed by atoms with Crippen molar-refractivity contribution < 1.29 is 14.8 Å². The molecule has 0 aromatic carbocycles. The molecule has 0 spiro atoms. The molecule has 1 aromatic heterocycles. The van der Waals surface area contributed by atoms with Gasteiger partial charge in [-0.15, -0.1) is 0 Å². The molecule has 0 aliphatic rings. The Kier molecular flexibility index (Phi) is 3.50. The number of carbonyl (C=O) groups is 1. The third-order valence-corrected chi connectivity index (χ3v) is 2.54. The third kappa shape index (κ3) is 2.27. The van der Waals surface area contributed by atoms with Crippen LogP contribution in [0.4, 0.5) is 5.69 Å². The fourth-order valence-corrected chi connectivity index (χ4v) is 1.70. The van der Waals surface area contributed by atoms with Crippen LogP contribution in [0.2, 0.25) is 0 Å². The van der Waals surface area contributed by atoms with Crippen LogP contribution in [0.5, 0.6) is 0 Å². The predicted octanol–water partition coefficient (Wildman–Crippen LogP) is 1.87. The van der Waals surface area contributed by atoms with E-state index in [-0.39, 0.29) is 23.1 Å². The number of nitro groups is 1. The molecular weight excluding hydrogens is 226 g/mol. The Labute approximate surface area is 98.2 Å². The third-order valence-electron chi connectivity index (χ3n) is 2.54. The van der Waals surface area contributed by atoms with Gasteiger partial charge in [0.05, 0.1) is 4.92 Å². The first kappa shape index (κ1) is 13.1. The molecule has 17 heavy (non-hydrogen) atoms. The zero-order chi connectivity index (χ0) is 13.3. The van der Waals surface area contributed by atoms with Gasteiger partial charge in [-0.1, -0.05) is 0 Å². The van der Waals surface area contributed by atoms with Gasteiger partial charge in [0.15, 0.2) is 0 Å². The van der Waals surface area contributed by atoms with Gasteiger partial charge >= 0.3 is 11.7 Å². The molecule has 1 atom stereocenters. The molecule has 1 N–H and O–H groups in total. The van der Waals surface area contributed by atoms with E-state index in [1.54, 1.807) is 13.8 Å². The molecule has 0 amide bonds. The number of rotatable bonds is 4. The summed E-state index contributed by atoms with van der Waals surface area (Å²) >= 11 is 0. The van der Waals surface area contributed by atoms with Crippen LogP contribution in [0.1, 0.15) is 44.1 Å². The van der Waals surface area contributed by atoms with E-state index in [0.29, 0.717) is 0 Å². The Balaban J connectivity index is 3.51. The van der Waals surface area contributed by atoms with E-state index in [1.165, 1.54) is 18.5 Å². The number of aliphatic carboxylic acids is 1. The molecule has 0 aliphatic carbocycles. The topological polar surface area (TPSA) is 98.3 Å². The maximum absolute atomic E-state index is 11.0. The zero-order valence-electron chi connectivity index (χ0n) is 10.2. The summed E-state index contributed by atoms with van der Waals surface area (Å²) in [5, 5.41) is 24.0. The lowest BCUT2D eigenvalue weighted by molar-refractivity contribution is -0.386.